The number of amides is 2. The summed E-state index contributed by atoms with van der Waals surface area (Å²) in [5.41, 5.74) is 4.83. The number of hydrogen-bond donors (Lipinski definition) is 2. The zero-order valence-corrected chi connectivity index (χ0v) is 10.9. The van der Waals surface area contributed by atoms with Crippen LogP contribution in [0.15, 0.2) is 24.5 Å². The smallest absolute Gasteiger partial charge is 0.253 e. The summed E-state index contributed by atoms with van der Waals surface area (Å²) < 4.78 is 0. The third kappa shape index (κ3) is 2.67. The molecule has 1 rings (SSSR count). The molecule has 0 saturated heterocycles. The van der Waals surface area contributed by atoms with E-state index in [1.54, 1.807) is 18.3 Å². The van der Waals surface area contributed by atoms with Gasteiger partial charge in [-0.3, -0.25) is 14.6 Å². The van der Waals surface area contributed by atoms with Crippen LogP contribution in [-0.4, -0.2) is 22.3 Å². The van der Waals surface area contributed by atoms with Crippen LogP contribution in [0.5, 0.6) is 0 Å². The van der Waals surface area contributed by atoms with Gasteiger partial charge in [-0.25, -0.2) is 0 Å². The van der Waals surface area contributed by atoms with E-state index in [9.17, 15) is 9.59 Å². The molecule has 1 heterocycles. The second kappa shape index (κ2) is 5.62. The Morgan fingerprint density at radius 1 is 1.50 bits per heavy atom. The molecule has 0 aliphatic heterocycles. The highest BCUT2D eigenvalue weighted by Crippen LogP contribution is 2.21. The van der Waals surface area contributed by atoms with Gasteiger partial charge in [0.05, 0.1) is 5.56 Å². The molecular formula is C13H19N3O2. The molecule has 3 N–H and O–H groups in total. The van der Waals surface area contributed by atoms with Gasteiger partial charge in [0.1, 0.15) is 5.54 Å². The van der Waals surface area contributed by atoms with Crippen LogP contribution in [0.3, 0.4) is 0 Å². The molecule has 0 aliphatic rings. The van der Waals surface area contributed by atoms with Gasteiger partial charge in [-0.15, -0.1) is 0 Å². The average molecular weight is 249 g/mol. The van der Waals surface area contributed by atoms with E-state index in [-0.39, 0.29) is 11.8 Å². The van der Waals surface area contributed by atoms with Crippen LogP contribution in [0.4, 0.5) is 0 Å². The van der Waals surface area contributed by atoms with E-state index in [0.717, 1.165) is 0 Å². The monoisotopic (exact) mass is 249 g/mol. The number of carbonyl (C=O) groups is 2. The largest absolute Gasteiger partial charge is 0.368 e. The number of nitrogens with zero attached hydrogens (tertiary/aromatic N) is 1. The lowest BCUT2D eigenvalue weighted by molar-refractivity contribution is -0.126. The highest BCUT2D eigenvalue weighted by Gasteiger charge is 2.39. The first-order valence-electron chi connectivity index (χ1n) is 5.96. The zero-order chi connectivity index (χ0) is 13.8. The van der Waals surface area contributed by atoms with Gasteiger partial charge in [-0.1, -0.05) is 20.8 Å². The normalized spacial score (nSPS) is 14.0. The molecule has 0 aromatic carbocycles. The minimum absolute atomic E-state index is 0.0828. The van der Waals surface area contributed by atoms with Crippen LogP contribution in [0, 0.1) is 5.92 Å². The molecule has 5 heteroatoms. The van der Waals surface area contributed by atoms with Crippen molar-refractivity contribution in [1.82, 2.24) is 10.3 Å². The van der Waals surface area contributed by atoms with Crippen molar-refractivity contribution >= 4 is 11.8 Å². The topological polar surface area (TPSA) is 85.1 Å². The molecule has 0 fully saturated rings. The lowest BCUT2D eigenvalue weighted by atomic mass is 9.83. The molecule has 0 spiro atoms. The summed E-state index contributed by atoms with van der Waals surface area (Å²) in [5.74, 6) is -0.935. The molecular weight excluding hydrogens is 230 g/mol. The zero-order valence-electron chi connectivity index (χ0n) is 10.9. The van der Waals surface area contributed by atoms with Gasteiger partial charge < -0.3 is 11.1 Å². The fourth-order valence-corrected chi connectivity index (χ4v) is 1.93. The summed E-state index contributed by atoms with van der Waals surface area (Å²) in [4.78, 5) is 27.6. The quantitative estimate of drug-likeness (QED) is 0.819. The number of nitrogens with one attached hydrogen (secondary N) is 1. The van der Waals surface area contributed by atoms with E-state index in [1.807, 2.05) is 20.8 Å². The standard InChI is InChI=1S/C13H19N3O2/c1-4-13(9(2)3,12(14)18)16-11(17)10-6-5-7-15-8-10/h5-9H,4H2,1-3H3,(H2,14,18)(H,16,17). The van der Waals surface area contributed by atoms with Crippen molar-refractivity contribution in [3.8, 4) is 0 Å². The maximum Gasteiger partial charge on any atom is 0.253 e. The van der Waals surface area contributed by atoms with Crippen LogP contribution in [-0.2, 0) is 4.79 Å². The Kier molecular flexibility index (Phi) is 4.42. The lowest BCUT2D eigenvalue weighted by Gasteiger charge is -2.34. The Morgan fingerprint density at radius 2 is 2.17 bits per heavy atom. The molecule has 2 amide bonds. The van der Waals surface area contributed by atoms with Crippen molar-refractivity contribution in [3.05, 3.63) is 30.1 Å². The van der Waals surface area contributed by atoms with Gasteiger partial charge in [0, 0.05) is 12.4 Å². The van der Waals surface area contributed by atoms with Gasteiger partial charge >= 0.3 is 0 Å². The summed E-state index contributed by atoms with van der Waals surface area (Å²) in [6.45, 7) is 5.55. The minimum Gasteiger partial charge on any atom is -0.368 e. The molecule has 1 aromatic rings. The fourth-order valence-electron chi connectivity index (χ4n) is 1.93. The van der Waals surface area contributed by atoms with E-state index >= 15 is 0 Å². The molecule has 1 atom stereocenters. The van der Waals surface area contributed by atoms with E-state index in [0.29, 0.717) is 12.0 Å². The first-order chi connectivity index (χ1) is 8.44. The first kappa shape index (κ1) is 14.2. The number of primary amides is 1. The molecule has 0 radical (unpaired) electrons. The van der Waals surface area contributed by atoms with E-state index in [2.05, 4.69) is 10.3 Å². The van der Waals surface area contributed by atoms with Crippen molar-refractivity contribution < 1.29 is 9.59 Å². The number of carbonyl (C=O) groups excluding carboxylic acids is 2. The summed E-state index contributed by atoms with van der Waals surface area (Å²) in [6, 6.07) is 3.31. The van der Waals surface area contributed by atoms with Crippen molar-refractivity contribution in [3.63, 3.8) is 0 Å². The highest BCUT2D eigenvalue weighted by molar-refractivity contribution is 5.98. The Hall–Kier alpha value is -1.91. The molecule has 1 unspecified atom stereocenters. The highest BCUT2D eigenvalue weighted by atomic mass is 16.2. The van der Waals surface area contributed by atoms with Gasteiger partial charge in [-0.05, 0) is 24.5 Å². The van der Waals surface area contributed by atoms with Crippen molar-refractivity contribution in [2.24, 2.45) is 11.7 Å². The number of rotatable bonds is 5. The molecule has 0 saturated carbocycles. The Bertz CT molecular complexity index is 431. The molecule has 5 nitrogen and oxygen atoms in total. The summed E-state index contributed by atoms with van der Waals surface area (Å²) in [5, 5.41) is 2.74. The molecule has 0 bridgehead atoms. The number of hydrogen-bond acceptors (Lipinski definition) is 3. The van der Waals surface area contributed by atoms with Crippen LogP contribution in [0.2, 0.25) is 0 Å². The molecule has 18 heavy (non-hydrogen) atoms. The second-order valence-electron chi connectivity index (χ2n) is 4.54. The Labute approximate surface area is 107 Å². The lowest BCUT2D eigenvalue weighted by Crippen LogP contribution is -2.60. The van der Waals surface area contributed by atoms with Gasteiger partial charge in [0.15, 0.2) is 0 Å². The van der Waals surface area contributed by atoms with Crippen LogP contribution < -0.4 is 11.1 Å². The van der Waals surface area contributed by atoms with Crippen LogP contribution in [0.25, 0.3) is 0 Å². The summed E-state index contributed by atoms with van der Waals surface area (Å²) >= 11 is 0. The van der Waals surface area contributed by atoms with Crippen LogP contribution >= 0.6 is 0 Å². The van der Waals surface area contributed by atoms with Gasteiger partial charge in [0.25, 0.3) is 5.91 Å². The molecule has 98 valence electrons. The van der Waals surface area contributed by atoms with Crippen molar-refractivity contribution in [2.45, 2.75) is 32.7 Å². The first-order valence-corrected chi connectivity index (χ1v) is 5.96. The maximum absolute atomic E-state index is 12.1. The molecule has 1 aromatic heterocycles. The predicted molar refractivity (Wildman–Crippen MR) is 68.8 cm³/mol. The number of pyridine rings is 1. The van der Waals surface area contributed by atoms with E-state index in [1.165, 1.54) is 6.20 Å². The number of aromatic nitrogens is 1. The fraction of sp³-hybridized carbons (Fsp3) is 0.462. The van der Waals surface area contributed by atoms with Crippen LogP contribution in [0.1, 0.15) is 37.6 Å². The second-order valence-corrected chi connectivity index (χ2v) is 4.54. The predicted octanol–water partition coefficient (Wildman–Crippen LogP) is 1.10. The molecule has 0 aliphatic carbocycles. The van der Waals surface area contributed by atoms with Gasteiger partial charge in [0.2, 0.25) is 5.91 Å². The summed E-state index contributed by atoms with van der Waals surface area (Å²) in [7, 11) is 0. The Morgan fingerprint density at radius 3 is 2.56 bits per heavy atom. The third-order valence-electron chi connectivity index (χ3n) is 3.24. The SMILES string of the molecule is CCC(NC(=O)c1cccnc1)(C(N)=O)C(C)C. The minimum atomic E-state index is -1.02. The van der Waals surface area contributed by atoms with E-state index < -0.39 is 11.4 Å². The number of nitrogens with two attached hydrogens (primary N) is 1. The maximum atomic E-state index is 12.1. The van der Waals surface area contributed by atoms with E-state index in [4.69, 9.17) is 5.73 Å². The summed E-state index contributed by atoms with van der Waals surface area (Å²) in [6.07, 6.45) is 3.49. The van der Waals surface area contributed by atoms with Gasteiger partial charge in [-0.2, -0.15) is 0 Å². The van der Waals surface area contributed by atoms with Crippen molar-refractivity contribution in [1.29, 1.82) is 0 Å². The Balaban J connectivity index is 2.99. The van der Waals surface area contributed by atoms with Crippen molar-refractivity contribution in [2.75, 3.05) is 0 Å². The third-order valence-corrected chi connectivity index (χ3v) is 3.24. The average Bonchev–Trinajstić information content (AvgIpc) is 2.36.